The summed E-state index contributed by atoms with van der Waals surface area (Å²) < 4.78 is 26.8. The first-order chi connectivity index (χ1) is 21.2. The van der Waals surface area contributed by atoms with E-state index in [1.165, 1.54) is 12.3 Å². The van der Waals surface area contributed by atoms with Crippen molar-refractivity contribution in [2.24, 2.45) is 5.92 Å². The molecule has 1 aliphatic heterocycles. The van der Waals surface area contributed by atoms with Gasteiger partial charge in [0.2, 0.25) is 17.7 Å². The molecule has 0 aliphatic carbocycles. The van der Waals surface area contributed by atoms with Crippen LogP contribution in [0, 0.1) is 11.7 Å². The van der Waals surface area contributed by atoms with Gasteiger partial charge in [0, 0.05) is 55.5 Å². The molecule has 0 spiro atoms. The van der Waals surface area contributed by atoms with Crippen LogP contribution in [0.15, 0.2) is 77.7 Å². The van der Waals surface area contributed by atoms with Crippen molar-refractivity contribution in [1.29, 1.82) is 0 Å². The number of piperazine rings is 1. The number of halogens is 1. The zero-order chi connectivity index (χ0) is 31.2. The molecule has 2 aromatic heterocycles. The maximum Gasteiger partial charge on any atom is 0.244 e. The highest BCUT2D eigenvalue weighted by Crippen LogP contribution is 2.31. The summed E-state index contributed by atoms with van der Waals surface area (Å²) in [5, 5.41) is 3.02. The van der Waals surface area contributed by atoms with Gasteiger partial charge < -0.3 is 19.4 Å². The van der Waals surface area contributed by atoms with Crippen molar-refractivity contribution >= 4 is 11.8 Å². The lowest BCUT2D eigenvalue weighted by molar-refractivity contribution is -0.150. The van der Waals surface area contributed by atoms with E-state index in [2.05, 4.69) is 15.3 Å². The van der Waals surface area contributed by atoms with E-state index in [-0.39, 0.29) is 43.4 Å². The number of carbonyl (C=O) groups excluding carboxylic acids is 2. The highest BCUT2D eigenvalue weighted by atomic mass is 19.1. The Morgan fingerprint density at radius 2 is 1.82 bits per heavy atom. The Morgan fingerprint density at radius 1 is 1.05 bits per heavy atom. The Balaban J connectivity index is 1.33. The van der Waals surface area contributed by atoms with E-state index >= 15 is 4.39 Å². The lowest BCUT2D eigenvalue weighted by Crippen LogP contribution is -2.64. The molecule has 0 saturated carbocycles. The Labute approximate surface area is 257 Å². The van der Waals surface area contributed by atoms with Crippen LogP contribution in [0.4, 0.5) is 4.39 Å². The summed E-state index contributed by atoms with van der Waals surface area (Å²) in [5.74, 6) is 0.470. The van der Waals surface area contributed by atoms with Gasteiger partial charge >= 0.3 is 0 Å². The number of amides is 2. The zero-order valence-corrected chi connectivity index (χ0v) is 25.5. The fourth-order valence-corrected chi connectivity index (χ4v) is 5.53. The van der Waals surface area contributed by atoms with Crippen LogP contribution in [0.2, 0.25) is 0 Å². The van der Waals surface area contributed by atoms with Crippen molar-refractivity contribution in [1.82, 2.24) is 25.1 Å². The molecule has 9 nitrogen and oxygen atoms in total. The molecule has 4 aromatic rings. The SMILES string of the molecule is CCc1ncccc1Oc1cccc(F)c1CN1C[C@@H](C)N(C(=O)C(C)C)[C@@H](C(=O)NCc2ccc(-c3ncco3)cc2)C1. The summed E-state index contributed by atoms with van der Waals surface area (Å²) >= 11 is 0. The lowest BCUT2D eigenvalue weighted by Gasteiger charge is -2.45. The van der Waals surface area contributed by atoms with Gasteiger partial charge in [-0.3, -0.25) is 19.5 Å². The molecule has 2 amide bonds. The molecular formula is C34H38FN5O4. The Kier molecular flexibility index (Phi) is 9.69. The third-order valence-electron chi connectivity index (χ3n) is 7.78. The number of rotatable bonds is 10. The van der Waals surface area contributed by atoms with Crippen molar-refractivity contribution in [2.75, 3.05) is 13.1 Å². The molecule has 1 aliphatic rings. The van der Waals surface area contributed by atoms with Gasteiger partial charge in [-0.1, -0.05) is 39.0 Å². The number of hydrogen-bond donors (Lipinski definition) is 1. The summed E-state index contributed by atoms with van der Waals surface area (Å²) in [6.07, 6.45) is 5.48. The molecule has 5 rings (SSSR count). The summed E-state index contributed by atoms with van der Waals surface area (Å²) in [6.45, 7) is 8.80. The molecule has 2 atom stereocenters. The van der Waals surface area contributed by atoms with Gasteiger partial charge in [-0.15, -0.1) is 0 Å². The van der Waals surface area contributed by atoms with Gasteiger partial charge in [0.15, 0.2) is 0 Å². The van der Waals surface area contributed by atoms with Crippen molar-refractivity contribution < 1.29 is 23.1 Å². The number of nitrogens with zero attached hydrogens (tertiary/aromatic N) is 4. The average Bonchev–Trinajstić information content (AvgIpc) is 3.57. The number of nitrogens with one attached hydrogen (secondary N) is 1. The number of aryl methyl sites for hydroxylation is 1. The van der Waals surface area contributed by atoms with Crippen LogP contribution in [0.3, 0.4) is 0 Å². The molecule has 44 heavy (non-hydrogen) atoms. The van der Waals surface area contributed by atoms with E-state index in [0.29, 0.717) is 35.9 Å². The van der Waals surface area contributed by atoms with Gasteiger partial charge in [0.05, 0.1) is 11.9 Å². The number of oxazole rings is 1. The van der Waals surface area contributed by atoms with E-state index in [1.807, 2.05) is 62.9 Å². The highest BCUT2D eigenvalue weighted by Gasteiger charge is 2.40. The molecule has 10 heteroatoms. The minimum atomic E-state index is -0.749. The second-order valence-corrected chi connectivity index (χ2v) is 11.3. The Hall–Kier alpha value is -4.57. The second kappa shape index (κ2) is 13.8. The van der Waals surface area contributed by atoms with Crippen molar-refractivity contribution in [2.45, 2.75) is 59.3 Å². The van der Waals surface area contributed by atoms with E-state index in [4.69, 9.17) is 9.15 Å². The van der Waals surface area contributed by atoms with Crippen LogP contribution in [0.1, 0.15) is 44.5 Å². The average molecular weight is 600 g/mol. The Bertz CT molecular complexity index is 1580. The zero-order valence-electron chi connectivity index (χ0n) is 25.5. The van der Waals surface area contributed by atoms with Crippen LogP contribution in [0.5, 0.6) is 11.5 Å². The minimum absolute atomic E-state index is 0.0915. The number of carbonyl (C=O) groups is 2. The predicted octanol–water partition coefficient (Wildman–Crippen LogP) is 5.60. The van der Waals surface area contributed by atoms with Crippen LogP contribution in [-0.4, -0.2) is 56.8 Å². The summed E-state index contributed by atoms with van der Waals surface area (Å²) in [7, 11) is 0. The lowest BCUT2D eigenvalue weighted by atomic mass is 10.0. The van der Waals surface area contributed by atoms with Crippen LogP contribution in [0.25, 0.3) is 11.5 Å². The predicted molar refractivity (Wildman–Crippen MR) is 164 cm³/mol. The monoisotopic (exact) mass is 599 g/mol. The van der Waals surface area contributed by atoms with Gasteiger partial charge in [-0.05, 0) is 55.3 Å². The molecule has 230 valence electrons. The first kappa shape index (κ1) is 30.9. The number of pyridine rings is 1. The quantitative estimate of drug-likeness (QED) is 0.253. The number of benzene rings is 2. The van der Waals surface area contributed by atoms with E-state index < -0.39 is 11.9 Å². The van der Waals surface area contributed by atoms with Crippen LogP contribution >= 0.6 is 0 Å². The standard InChI is InChI=1S/C34H38FN5O4/c1-5-28-31(10-7-15-36-28)44-30-9-6-8-27(35)26(30)20-39-19-23(4)40(34(42)22(2)3)29(21-39)32(41)38-18-24-11-13-25(14-12-24)33-37-16-17-43-33/h6-17,22-23,29H,5,18-21H2,1-4H3,(H,38,41)/t23-,29-/m1/s1. The van der Waals surface area contributed by atoms with E-state index in [1.54, 1.807) is 35.5 Å². The minimum Gasteiger partial charge on any atom is -0.455 e. The molecule has 0 bridgehead atoms. The summed E-state index contributed by atoms with van der Waals surface area (Å²) in [6, 6.07) is 14.9. The molecule has 2 aromatic carbocycles. The molecule has 1 N–H and O–H groups in total. The molecule has 0 radical (unpaired) electrons. The smallest absolute Gasteiger partial charge is 0.244 e. The Morgan fingerprint density at radius 3 is 2.52 bits per heavy atom. The molecule has 3 heterocycles. The maximum absolute atomic E-state index is 15.3. The largest absolute Gasteiger partial charge is 0.455 e. The van der Waals surface area contributed by atoms with E-state index in [9.17, 15) is 9.59 Å². The van der Waals surface area contributed by atoms with Crippen molar-refractivity contribution in [3.63, 3.8) is 0 Å². The van der Waals surface area contributed by atoms with Gasteiger partial charge in [-0.25, -0.2) is 9.37 Å². The first-order valence-electron chi connectivity index (χ1n) is 14.9. The molecule has 0 unspecified atom stereocenters. The van der Waals surface area contributed by atoms with Crippen LogP contribution in [-0.2, 0) is 29.1 Å². The molecular weight excluding hydrogens is 561 g/mol. The summed E-state index contributed by atoms with van der Waals surface area (Å²) in [4.78, 5) is 39.2. The van der Waals surface area contributed by atoms with Crippen molar-refractivity contribution in [3.8, 4) is 23.0 Å². The topological polar surface area (TPSA) is 101 Å². The number of hydrogen-bond acceptors (Lipinski definition) is 7. The van der Waals surface area contributed by atoms with Gasteiger partial charge in [0.1, 0.15) is 29.6 Å². The highest BCUT2D eigenvalue weighted by molar-refractivity contribution is 5.89. The molecule has 1 fully saturated rings. The fourth-order valence-electron chi connectivity index (χ4n) is 5.53. The van der Waals surface area contributed by atoms with Gasteiger partial charge in [0.25, 0.3) is 0 Å². The first-order valence-corrected chi connectivity index (χ1v) is 14.9. The third kappa shape index (κ3) is 6.97. The third-order valence-corrected chi connectivity index (χ3v) is 7.78. The van der Waals surface area contributed by atoms with E-state index in [0.717, 1.165) is 16.8 Å². The maximum atomic E-state index is 15.3. The molecule has 1 saturated heterocycles. The normalized spacial score (nSPS) is 17.1. The fraction of sp³-hybridized carbons (Fsp3) is 0.353. The number of aromatic nitrogens is 2. The number of ether oxygens (including phenoxy) is 1. The summed E-state index contributed by atoms with van der Waals surface area (Å²) in [5.41, 5.74) is 2.90. The van der Waals surface area contributed by atoms with Gasteiger partial charge in [-0.2, -0.15) is 0 Å². The second-order valence-electron chi connectivity index (χ2n) is 11.3. The van der Waals surface area contributed by atoms with Crippen molar-refractivity contribution in [3.05, 3.63) is 95.9 Å². The van der Waals surface area contributed by atoms with Crippen LogP contribution < -0.4 is 10.1 Å².